The first-order chi connectivity index (χ1) is 12.0. The molecule has 0 saturated carbocycles. The van der Waals surface area contributed by atoms with Crippen LogP contribution >= 0.6 is 11.3 Å². The molecule has 2 heterocycles. The molecule has 2 aromatic rings. The van der Waals surface area contributed by atoms with E-state index in [1.165, 1.54) is 22.3 Å². The van der Waals surface area contributed by atoms with Gasteiger partial charge >= 0.3 is 5.97 Å². The molecular formula is C18H19FN2O3S. The first kappa shape index (κ1) is 17.5. The van der Waals surface area contributed by atoms with Crippen LogP contribution in [0.5, 0.6) is 0 Å². The molecule has 1 aliphatic rings. The third-order valence-electron chi connectivity index (χ3n) is 4.48. The van der Waals surface area contributed by atoms with Gasteiger partial charge in [-0.1, -0.05) is 25.1 Å². The molecule has 1 fully saturated rings. The summed E-state index contributed by atoms with van der Waals surface area (Å²) in [6, 6.07) is 5.64. The molecular weight excluding hydrogens is 343 g/mol. The highest BCUT2D eigenvalue weighted by Crippen LogP contribution is 2.25. The quantitative estimate of drug-likeness (QED) is 0.907. The number of rotatable bonds is 4. The van der Waals surface area contributed by atoms with Gasteiger partial charge in [-0.05, 0) is 30.4 Å². The predicted octanol–water partition coefficient (Wildman–Crippen LogP) is 3.20. The number of hydrogen-bond donors (Lipinski definition) is 1. The number of halogens is 1. The molecule has 2 atom stereocenters. The summed E-state index contributed by atoms with van der Waals surface area (Å²) >= 11 is 1.28. The zero-order chi connectivity index (χ0) is 18.0. The van der Waals surface area contributed by atoms with Crippen molar-refractivity contribution in [2.75, 3.05) is 6.54 Å². The summed E-state index contributed by atoms with van der Waals surface area (Å²) in [5.41, 5.74) is 0.753. The molecule has 1 N–H and O–H groups in total. The van der Waals surface area contributed by atoms with Crippen LogP contribution in [0.3, 0.4) is 0 Å². The number of aliphatic carboxylic acids is 1. The molecule has 3 rings (SSSR count). The third-order valence-corrected chi connectivity index (χ3v) is 5.33. The summed E-state index contributed by atoms with van der Waals surface area (Å²) in [5.74, 6) is -1.38. The van der Waals surface area contributed by atoms with Crippen LogP contribution in [0.2, 0.25) is 0 Å². The lowest BCUT2D eigenvalue weighted by Crippen LogP contribution is -2.49. The molecule has 1 saturated heterocycles. The smallest absolute Gasteiger partial charge is 0.326 e. The number of aromatic nitrogens is 1. The lowest BCUT2D eigenvalue weighted by Gasteiger charge is -2.35. The number of piperidine rings is 1. The van der Waals surface area contributed by atoms with Crippen molar-refractivity contribution in [3.63, 3.8) is 0 Å². The molecule has 0 bridgehead atoms. The van der Waals surface area contributed by atoms with Gasteiger partial charge in [-0.15, -0.1) is 11.3 Å². The van der Waals surface area contributed by atoms with E-state index < -0.39 is 12.0 Å². The number of hydrogen-bond acceptors (Lipinski definition) is 4. The highest BCUT2D eigenvalue weighted by Gasteiger charge is 2.35. The highest BCUT2D eigenvalue weighted by atomic mass is 32.1. The second-order valence-corrected chi connectivity index (χ2v) is 7.32. The van der Waals surface area contributed by atoms with Crippen molar-refractivity contribution < 1.29 is 19.1 Å². The monoisotopic (exact) mass is 362 g/mol. The van der Waals surface area contributed by atoms with Gasteiger partial charge in [0, 0.05) is 18.3 Å². The second kappa shape index (κ2) is 7.31. The Morgan fingerprint density at radius 2 is 2.16 bits per heavy atom. The summed E-state index contributed by atoms with van der Waals surface area (Å²) in [6.07, 6.45) is 1.54. The fourth-order valence-corrected chi connectivity index (χ4v) is 3.85. The van der Waals surface area contributed by atoms with Gasteiger partial charge in [0.1, 0.15) is 17.6 Å². The summed E-state index contributed by atoms with van der Waals surface area (Å²) < 4.78 is 13.7. The molecule has 2 unspecified atom stereocenters. The highest BCUT2D eigenvalue weighted by molar-refractivity contribution is 7.09. The Kier molecular flexibility index (Phi) is 5.13. The molecule has 132 valence electrons. The first-order valence-electron chi connectivity index (χ1n) is 8.17. The van der Waals surface area contributed by atoms with Crippen molar-refractivity contribution in [3.05, 3.63) is 51.7 Å². The number of carbonyl (C=O) groups is 2. The number of carboxylic acids is 1. The van der Waals surface area contributed by atoms with Crippen LogP contribution in [0.25, 0.3) is 0 Å². The molecule has 0 radical (unpaired) electrons. The van der Waals surface area contributed by atoms with Crippen molar-refractivity contribution in [2.45, 2.75) is 32.2 Å². The van der Waals surface area contributed by atoms with E-state index in [4.69, 9.17) is 0 Å². The fraction of sp³-hybridized carbons (Fsp3) is 0.389. The van der Waals surface area contributed by atoms with Crippen molar-refractivity contribution in [2.24, 2.45) is 5.92 Å². The van der Waals surface area contributed by atoms with E-state index in [0.29, 0.717) is 30.0 Å². The lowest BCUT2D eigenvalue weighted by atomic mass is 9.92. The Balaban J connectivity index is 1.76. The number of benzene rings is 1. The number of thiazole rings is 1. The van der Waals surface area contributed by atoms with Crippen molar-refractivity contribution in [3.8, 4) is 0 Å². The van der Waals surface area contributed by atoms with Crippen LogP contribution in [0.15, 0.2) is 29.6 Å². The molecule has 7 heteroatoms. The lowest BCUT2D eigenvalue weighted by molar-refractivity contribution is -0.144. The molecule has 1 amide bonds. The average molecular weight is 362 g/mol. The Labute approximate surface area is 149 Å². The van der Waals surface area contributed by atoms with E-state index in [1.54, 1.807) is 23.6 Å². The molecule has 5 nitrogen and oxygen atoms in total. The molecule has 1 aliphatic heterocycles. The Hall–Kier alpha value is -2.28. The number of nitrogens with zero attached hydrogens (tertiary/aromatic N) is 2. The van der Waals surface area contributed by atoms with Gasteiger partial charge in [-0.3, -0.25) is 4.79 Å². The standard InChI is InChI=1S/C18H19FN2O3S/c1-11-6-7-21(15(8-11)18(23)24)17(22)14-10-25-16(20-14)9-12-4-2-3-5-13(12)19/h2-5,10-11,15H,6-9H2,1H3,(H,23,24). The Bertz CT molecular complexity index is 792. The summed E-state index contributed by atoms with van der Waals surface area (Å²) in [6.45, 7) is 2.41. The second-order valence-electron chi connectivity index (χ2n) is 6.38. The van der Waals surface area contributed by atoms with Gasteiger partial charge in [0.05, 0.1) is 5.01 Å². The molecule has 25 heavy (non-hydrogen) atoms. The zero-order valence-corrected chi connectivity index (χ0v) is 14.6. The maximum atomic E-state index is 13.7. The molecule has 0 spiro atoms. The number of carboxylic acid groups (broad SMARTS) is 1. The van der Waals surface area contributed by atoms with Crippen LogP contribution in [-0.4, -0.2) is 39.5 Å². The van der Waals surface area contributed by atoms with Gasteiger partial charge in [0.2, 0.25) is 0 Å². The van der Waals surface area contributed by atoms with E-state index >= 15 is 0 Å². The number of carbonyl (C=O) groups excluding carboxylic acids is 1. The third kappa shape index (κ3) is 3.87. The van der Waals surface area contributed by atoms with E-state index in [-0.39, 0.29) is 23.3 Å². The number of amides is 1. The summed E-state index contributed by atoms with van der Waals surface area (Å²) in [5, 5.41) is 11.7. The van der Waals surface area contributed by atoms with E-state index in [2.05, 4.69) is 4.98 Å². The SMILES string of the molecule is CC1CCN(C(=O)c2csc(Cc3ccccc3F)n2)C(C(=O)O)C1. The van der Waals surface area contributed by atoms with Gasteiger partial charge in [0.15, 0.2) is 0 Å². The van der Waals surface area contributed by atoms with Gasteiger partial charge in [-0.25, -0.2) is 14.2 Å². The largest absolute Gasteiger partial charge is 0.480 e. The average Bonchev–Trinajstić information content (AvgIpc) is 3.05. The minimum Gasteiger partial charge on any atom is -0.480 e. The van der Waals surface area contributed by atoms with Crippen LogP contribution in [0.1, 0.15) is 40.8 Å². The molecule has 1 aromatic heterocycles. The summed E-state index contributed by atoms with van der Waals surface area (Å²) in [7, 11) is 0. The minimum atomic E-state index is -0.985. The van der Waals surface area contributed by atoms with Crippen LogP contribution in [0.4, 0.5) is 4.39 Å². The number of likely N-dealkylation sites (tertiary alicyclic amines) is 1. The van der Waals surface area contributed by atoms with E-state index in [9.17, 15) is 19.1 Å². The zero-order valence-electron chi connectivity index (χ0n) is 13.8. The molecule has 1 aromatic carbocycles. The minimum absolute atomic E-state index is 0.233. The first-order valence-corrected chi connectivity index (χ1v) is 9.05. The van der Waals surface area contributed by atoms with Crippen LogP contribution in [0, 0.1) is 11.7 Å². The van der Waals surface area contributed by atoms with Crippen LogP contribution < -0.4 is 0 Å². The van der Waals surface area contributed by atoms with Crippen molar-refractivity contribution in [1.29, 1.82) is 0 Å². The van der Waals surface area contributed by atoms with Crippen LogP contribution in [-0.2, 0) is 11.2 Å². The Morgan fingerprint density at radius 1 is 1.40 bits per heavy atom. The van der Waals surface area contributed by atoms with Gasteiger partial charge in [0.25, 0.3) is 5.91 Å². The maximum absolute atomic E-state index is 13.7. The van der Waals surface area contributed by atoms with Gasteiger partial charge < -0.3 is 10.0 Å². The molecule has 0 aliphatic carbocycles. The van der Waals surface area contributed by atoms with Crippen molar-refractivity contribution in [1.82, 2.24) is 9.88 Å². The predicted molar refractivity (Wildman–Crippen MR) is 92.2 cm³/mol. The summed E-state index contributed by atoms with van der Waals surface area (Å²) in [4.78, 5) is 29.9. The fourth-order valence-electron chi connectivity index (χ4n) is 3.06. The topological polar surface area (TPSA) is 70.5 Å². The van der Waals surface area contributed by atoms with E-state index in [1.807, 2.05) is 6.92 Å². The maximum Gasteiger partial charge on any atom is 0.326 e. The normalized spacial score (nSPS) is 20.5. The van der Waals surface area contributed by atoms with E-state index in [0.717, 1.165) is 6.42 Å². The van der Waals surface area contributed by atoms with Crippen molar-refractivity contribution >= 4 is 23.2 Å². The van der Waals surface area contributed by atoms with Gasteiger partial charge in [-0.2, -0.15) is 0 Å². The Morgan fingerprint density at radius 3 is 2.88 bits per heavy atom.